The number of hydrogen-bond donors (Lipinski definition) is 0. The lowest BCUT2D eigenvalue weighted by Gasteiger charge is -2.73. The molecular weight excluding hydrogens is 468 g/mol. The van der Waals surface area contributed by atoms with Gasteiger partial charge in [-0.1, -0.05) is 19.7 Å². The number of esters is 3. The van der Waals surface area contributed by atoms with Gasteiger partial charge in [-0.15, -0.1) is 0 Å². The molecule has 4 saturated carbocycles. The molecule has 0 heterocycles. The van der Waals surface area contributed by atoms with Crippen LogP contribution in [0.4, 0.5) is 0 Å². The Morgan fingerprint density at radius 3 is 0.973 bits per heavy atom. The summed E-state index contributed by atoms with van der Waals surface area (Å²) in [6.45, 7) is 28.2. The van der Waals surface area contributed by atoms with Crippen molar-refractivity contribution < 1.29 is 28.6 Å². The second-order valence-electron chi connectivity index (χ2n) is 13.9. The fourth-order valence-corrected chi connectivity index (χ4v) is 7.73. The Kier molecular flexibility index (Phi) is 6.98. The molecule has 4 fully saturated rings. The first-order valence-corrected chi connectivity index (χ1v) is 13.3. The maximum Gasteiger partial charge on any atom is 0.333 e. The average Bonchev–Trinajstić information content (AvgIpc) is 2.71. The molecule has 0 N–H and O–H groups in total. The van der Waals surface area contributed by atoms with Gasteiger partial charge in [-0.25, -0.2) is 14.4 Å². The van der Waals surface area contributed by atoms with Crippen molar-refractivity contribution in [1.29, 1.82) is 0 Å². The highest BCUT2D eigenvalue weighted by molar-refractivity contribution is 5.88. The van der Waals surface area contributed by atoms with Gasteiger partial charge < -0.3 is 14.2 Å². The van der Waals surface area contributed by atoms with E-state index in [1.807, 2.05) is 41.5 Å². The minimum absolute atomic E-state index is 0.296. The van der Waals surface area contributed by atoms with Crippen molar-refractivity contribution in [2.24, 2.45) is 22.2 Å². The zero-order valence-corrected chi connectivity index (χ0v) is 24.4. The van der Waals surface area contributed by atoms with Crippen LogP contribution >= 0.6 is 0 Å². The summed E-state index contributed by atoms with van der Waals surface area (Å²) in [5.74, 6) is -0.941. The van der Waals surface area contributed by atoms with Crippen molar-refractivity contribution >= 4 is 17.9 Å². The van der Waals surface area contributed by atoms with Gasteiger partial charge in [-0.05, 0) is 107 Å². The van der Waals surface area contributed by atoms with E-state index in [2.05, 4.69) is 19.7 Å². The van der Waals surface area contributed by atoms with Gasteiger partial charge >= 0.3 is 17.9 Å². The number of carbonyl (C=O) groups excluding carboxylic acids is 3. The largest absolute Gasteiger partial charge is 0.456 e. The van der Waals surface area contributed by atoms with Crippen molar-refractivity contribution in [3.05, 3.63) is 36.5 Å². The highest BCUT2D eigenvalue weighted by Crippen LogP contribution is 2.77. The lowest BCUT2D eigenvalue weighted by Crippen LogP contribution is -2.71. The molecule has 4 aliphatic rings. The molecule has 4 bridgehead atoms. The summed E-state index contributed by atoms with van der Waals surface area (Å²) >= 11 is 0. The Balaban J connectivity index is 2.18. The van der Waals surface area contributed by atoms with Crippen LogP contribution < -0.4 is 0 Å². The Hall–Kier alpha value is -2.37. The van der Waals surface area contributed by atoms with Crippen LogP contribution in [0.1, 0.15) is 101 Å². The standard InChI is InChI=1S/C31H46O6/c1-19(2)23(32)35-26(7,8)29-13-22-14-30(16-29,27(9,10)36-24(33)20(3)4)18-31(15-22,17-29)28(11,12)37-25(34)21(5)6/h22H,1,3,5,13-18H2,2,4,6-12H3. The van der Waals surface area contributed by atoms with Gasteiger partial charge in [0.1, 0.15) is 16.8 Å². The van der Waals surface area contributed by atoms with E-state index >= 15 is 0 Å². The molecular formula is C31H46O6. The van der Waals surface area contributed by atoms with E-state index in [1.54, 1.807) is 20.8 Å². The van der Waals surface area contributed by atoms with Crippen LogP contribution in [-0.2, 0) is 28.6 Å². The van der Waals surface area contributed by atoms with Crippen molar-refractivity contribution in [3.63, 3.8) is 0 Å². The molecule has 6 heteroatoms. The van der Waals surface area contributed by atoms with Gasteiger partial charge in [-0.3, -0.25) is 0 Å². The second-order valence-corrected chi connectivity index (χ2v) is 13.9. The Morgan fingerprint density at radius 2 is 0.784 bits per heavy atom. The fraction of sp³-hybridized carbons (Fsp3) is 0.710. The smallest absolute Gasteiger partial charge is 0.333 e. The van der Waals surface area contributed by atoms with Gasteiger partial charge in [-0.2, -0.15) is 0 Å². The Bertz CT molecular complexity index is 916. The monoisotopic (exact) mass is 514 g/mol. The third-order valence-corrected chi connectivity index (χ3v) is 9.99. The van der Waals surface area contributed by atoms with Gasteiger partial charge in [0.15, 0.2) is 0 Å². The molecule has 0 aliphatic heterocycles. The van der Waals surface area contributed by atoms with Crippen LogP contribution in [0.15, 0.2) is 36.5 Å². The van der Waals surface area contributed by atoms with E-state index in [9.17, 15) is 14.4 Å². The molecule has 6 nitrogen and oxygen atoms in total. The molecule has 0 aromatic heterocycles. The normalized spacial score (nSPS) is 30.9. The zero-order chi connectivity index (χ0) is 28.4. The molecule has 0 aromatic carbocycles. The van der Waals surface area contributed by atoms with E-state index in [1.165, 1.54) is 0 Å². The number of hydrogen-bond acceptors (Lipinski definition) is 6. The first-order valence-electron chi connectivity index (χ1n) is 13.3. The van der Waals surface area contributed by atoms with Crippen LogP contribution in [-0.4, -0.2) is 34.7 Å². The van der Waals surface area contributed by atoms with Crippen LogP contribution in [0, 0.1) is 22.2 Å². The van der Waals surface area contributed by atoms with Gasteiger partial charge in [0.05, 0.1) is 0 Å². The Morgan fingerprint density at radius 1 is 0.568 bits per heavy atom. The van der Waals surface area contributed by atoms with Crippen LogP contribution in [0.5, 0.6) is 0 Å². The lowest BCUT2D eigenvalue weighted by atomic mass is 9.33. The second kappa shape index (κ2) is 8.84. The number of carbonyl (C=O) groups is 3. The highest BCUT2D eigenvalue weighted by Gasteiger charge is 2.74. The molecule has 0 radical (unpaired) electrons. The van der Waals surface area contributed by atoms with Crippen LogP contribution in [0.2, 0.25) is 0 Å². The molecule has 0 saturated heterocycles. The predicted octanol–water partition coefficient (Wildman–Crippen LogP) is 6.64. The fourth-order valence-electron chi connectivity index (χ4n) is 7.73. The Labute approximate surface area is 222 Å². The first-order chi connectivity index (χ1) is 16.6. The number of rotatable bonds is 9. The minimum Gasteiger partial charge on any atom is -0.456 e. The molecule has 0 aromatic rings. The summed E-state index contributed by atoms with van der Waals surface area (Å²) in [7, 11) is 0. The van der Waals surface area contributed by atoms with Crippen LogP contribution in [0.3, 0.4) is 0 Å². The lowest BCUT2D eigenvalue weighted by molar-refractivity contribution is -0.297. The summed E-state index contributed by atoms with van der Waals surface area (Å²) in [4.78, 5) is 38.3. The zero-order valence-electron chi connectivity index (χ0n) is 24.4. The third-order valence-electron chi connectivity index (χ3n) is 9.99. The summed E-state index contributed by atoms with van der Waals surface area (Å²) in [6.07, 6.45) is 4.87. The van der Waals surface area contributed by atoms with E-state index in [0.29, 0.717) is 22.6 Å². The summed E-state index contributed by atoms with van der Waals surface area (Å²) in [6, 6.07) is 0. The third kappa shape index (κ3) is 4.70. The molecule has 0 atom stereocenters. The van der Waals surface area contributed by atoms with E-state index < -0.39 is 51.0 Å². The van der Waals surface area contributed by atoms with Crippen LogP contribution in [0.25, 0.3) is 0 Å². The molecule has 0 amide bonds. The van der Waals surface area contributed by atoms with E-state index in [-0.39, 0.29) is 0 Å². The molecule has 0 unspecified atom stereocenters. The van der Waals surface area contributed by atoms with Crippen molar-refractivity contribution in [3.8, 4) is 0 Å². The molecule has 37 heavy (non-hydrogen) atoms. The van der Waals surface area contributed by atoms with Crippen molar-refractivity contribution in [2.45, 2.75) is 118 Å². The predicted molar refractivity (Wildman–Crippen MR) is 143 cm³/mol. The SMILES string of the molecule is C=C(C)C(=O)OC(C)(C)C12CC3CC(C(C)(C)OC(=O)C(=C)C)(C1)CC(C(C)(C)OC(=O)C(=C)C)(C3)C2. The van der Waals surface area contributed by atoms with Gasteiger partial charge in [0, 0.05) is 33.0 Å². The van der Waals surface area contributed by atoms with Gasteiger partial charge in [0.25, 0.3) is 0 Å². The summed E-state index contributed by atoms with van der Waals surface area (Å²) < 4.78 is 18.5. The molecule has 0 spiro atoms. The molecule has 4 rings (SSSR count). The summed E-state index contributed by atoms with van der Waals surface area (Å²) in [5.41, 5.74) is -2.60. The first kappa shape index (κ1) is 29.2. The molecule has 4 aliphatic carbocycles. The van der Waals surface area contributed by atoms with Gasteiger partial charge in [0.2, 0.25) is 0 Å². The number of ether oxygens (including phenoxy) is 3. The average molecular weight is 515 g/mol. The summed E-state index contributed by atoms with van der Waals surface area (Å²) in [5, 5.41) is 0. The van der Waals surface area contributed by atoms with Crippen molar-refractivity contribution in [1.82, 2.24) is 0 Å². The van der Waals surface area contributed by atoms with E-state index in [4.69, 9.17) is 14.2 Å². The topological polar surface area (TPSA) is 78.9 Å². The van der Waals surface area contributed by atoms with Crippen molar-refractivity contribution in [2.75, 3.05) is 0 Å². The highest BCUT2D eigenvalue weighted by atomic mass is 16.6. The maximum absolute atomic E-state index is 12.8. The minimum atomic E-state index is -0.818. The maximum atomic E-state index is 12.8. The van der Waals surface area contributed by atoms with E-state index in [0.717, 1.165) is 38.5 Å². The molecule has 206 valence electrons. The quantitative estimate of drug-likeness (QED) is 0.195.